The molecule has 174 valence electrons. The highest BCUT2D eigenvalue weighted by Gasteiger charge is 2.45. The molecule has 1 unspecified atom stereocenters. The minimum absolute atomic E-state index is 0.0710. The lowest BCUT2D eigenvalue weighted by Crippen LogP contribution is -2.38. The molecule has 1 aliphatic heterocycles. The third kappa shape index (κ3) is 5.46. The number of likely N-dealkylation sites (N-methyl/N-ethyl adjacent to an activating group) is 1. The van der Waals surface area contributed by atoms with Crippen LogP contribution < -0.4 is 4.74 Å². The van der Waals surface area contributed by atoms with Crippen molar-refractivity contribution in [2.24, 2.45) is 0 Å². The van der Waals surface area contributed by atoms with Gasteiger partial charge in [-0.25, -0.2) is 0 Å². The largest absolute Gasteiger partial charge is 0.507 e. The van der Waals surface area contributed by atoms with E-state index in [1.165, 1.54) is 0 Å². The molecule has 1 atom stereocenters. The molecule has 0 spiro atoms. The maximum absolute atomic E-state index is 13.1. The van der Waals surface area contributed by atoms with Gasteiger partial charge < -0.3 is 19.6 Å². The molecular formula is C26H29ClN2O4. The number of aliphatic hydroxyl groups is 1. The second-order valence-corrected chi connectivity index (χ2v) is 8.13. The smallest absolute Gasteiger partial charge is 0.295 e. The van der Waals surface area contributed by atoms with Crippen LogP contribution in [0.1, 0.15) is 31.0 Å². The number of hydrogen-bond donors (Lipinski definition) is 1. The second-order valence-electron chi connectivity index (χ2n) is 7.69. The van der Waals surface area contributed by atoms with E-state index >= 15 is 0 Å². The Balaban J connectivity index is 2.05. The van der Waals surface area contributed by atoms with Gasteiger partial charge in [-0.1, -0.05) is 50.2 Å². The number of aliphatic hydroxyl groups excluding tert-OH is 1. The maximum atomic E-state index is 13.1. The van der Waals surface area contributed by atoms with E-state index in [-0.39, 0.29) is 11.3 Å². The van der Waals surface area contributed by atoms with Gasteiger partial charge in [0.2, 0.25) is 0 Å². The summed E-state index contributed by atoms with van der Waals surface area (Å²) in [6.07, 6.45) is 1.65. The van der Waals surface area contributed by atoms with Crippen molar-refractivity contribution in [3.05, 3.63) is 82.9 Å². The quantitative estimate of drug-likeness (QED) is 0.237. The number of carbonyl (C=O) groups is 2. The number of ether oxygens (including phenoxy) is 1. The molecule has 0 saturated carbocycles. The molecular weight excluding hydrogens is 440 g/mol. The molecule has 6 nitrogen and oxygen atoms in total. The maximum Gasteiger partial charge on any atom is 0.295 e. The summed E-state index contributed by atoms with van der Waals surface area (Å²) in [5, 5.41) is 11.6. The lowest BCUT2D eigenvalue weighted by Gasteiger charge is -2.28. The van der Waals surface area contributed by atoms with Crippen LogP contribution in [0.25, 0.3) is 5.76 Å². The zero-order valence-corrected chi connectivity index (χ0v) is 19.7. The van der Waals surface area contributed by atoms with E-state index in [9.17, 15) is 14.7 Å². The van der Waals surface area contributed by atoms with Crippen molar-refractivity contribution >= 4 is 29.1 Å². The highest BCUT2D eigenvalue weighted by Crippen LogP contribution is 2.39. The number of carbonyl (C=O) groups excluding carboxylic acids is 2. The summed E-state index contributed by atoms with van der Waals surface area (Å²) in [5.41, 5.74) is 1.22. The van der Waals surface area contributed by atoms with Crippen LogP contribution in [0.5, 0.6) is 5.75 Å². The molecule has 0 aliphatic carbocycles. The Bertz CT molecular complexity index is 1030. The minimum Gasteiger partial charge on any atom is -0.507 e. The molecule has 0 radical (unpaired) electrons. The van der Waals surface area contributed by atoms with Crippen molar-refractivity contribution < 1.29 is 19.4 Å². The predicted octanol–water partition coefficient (Wildman–Crippen LogP) is 4.67. The first-order valence-electron chi connectivity index (χ1n) is 11.0. The summed E-state index contributed by atoms with van der Waals surface area (Å²) >= 11 is 5.98. The fourth-order valence-electron chi connectivity index (χ4n) is 3.91. The van der Waals surface area contributed by atoms with Gasteiger partial charge in [0.25, 0.3) is 11.7 Å². The molecule has 0 aromatic heterocycles. The fourth-order valence-corrected chi connectivity index (χ4v) is 4.04. The van der Waals surface area contributed by atoms with Crippen molar-refractivity contribution in [3.8, 4) is 5.75 Å². The van der Waals surface area contributed by atoms with Gasteiger partial charge in [-0.3, -0.25) is 9.59 Å². The Labute approximate surface area is 199 Å². The van der Waals surface area contributed by atoms with Gasteiger partial charge in [-0.05, 0) is 55.1 Å². The summed E-state index contributed by atoms with van der Waals surface area (Å²) in [6.45, 7) is 10.8. The third-order valence-corrected chi connectivity index (χ3v) is 6.02. The second kappa shape index (κ2) is 11.2. The molecule has 1 amide bonds. The lowest BCUT2D eigenvalue weighted by molar-refractivity contribution is -0.140. The summed E-state index contributed by atoms with van der Waals surface area (Å²) in [4.78, 5) is 29.9. The molecule has 7 heteroatoms. The first-order chi connectivity index (χ1) is 15.9. The Morgan fingerprint density at radius 2 is 1.76 bits per heavy atom. The number of benzene rings is 2. The number of ketones is 1. The molecule has 1 fully saturated rings. The van der Waals surface area contributed by atoms with Crippen LogP contribution in [0.2, 0.25) is 5.02 Å². The molecule has 2 aromatic rings. The highest BCUT2D eigenvalue weighted by molar-refractivity contribution is 6.46. The average molecular weight is 469 g/mol. The van der Waals surface area contributed by atoms with Crippen molar-refractivity contribution in [2.45, 2.75) is 19.9 Å². The highest BCUT2D eigenvalue weighted by atomic mass is 35.5. The first kappa shape index (κ1) is 24.6. The van der Waals surface area contributed by atoms with Crippen molar-refractivity contribution in [3.63, 3.8) is 0 Å². The molecule has 1 aliphatic rings. The van der Waals surface area contributed by atoms with Gasteiger partial charge in [-0.2, -0.15) is 0 Å². The Morgan fingerprint density at radius 3 is 2.33 bits per heavy atom. The van der Waals surface area contributed by atoms with Crippen LogP contribution in [-0.4, -0.2) is 59.4 Å². The Morgan fingerprint density at radius 1 is 1.12 bits per heavy atom. The van der Waals surface area contributed by atoms with E-state index in [0.29, 0.717) is 36.0 Å². The van der Waals surface area contributed by atoms with E-state index in [4.69, 9.17) is 16.3 Å². The number of halogens is 1. The number of likely N-dealkylation sites (tertiary alicyclic amines) is 1. The van der Waals surface area contributed by atoms with Crippen LogP contribution in [0.15, 0.2) is 66.8 Å². The third-order valence-electron chi connectivity index (χ3n) is 5.77. The zero-order chi connectivity index (χ0) is 24.0. The molecule has 1 N–H and O–H groups in total. The summed E-state index contributed by atoms with van der Waals surface area (Å²) in [7, 11) is 0. The lowest BCUT2D eigenvalue weighted by atomic mass is 9.95. The van der Waals surface area contributed by atoms with Gasteiger partial charge in [0.15, 0.2) is 0 Å². The molecule has 33 heavy (non-hydrogen) atoms. The van der Waals surface area contributed by atoms with E-state index in [0.717, 1.165) is 18.7 Å². The van der Waals surface area contributed by atoms with Crippen LogP contribution in [0.4, 0.5) is 0 Å². The Kier molecular flexibility index (Phi) is 8.31. The number of amides is 1. The molecule has 1 saturated heterocycles. The van der Waals surface area contributed by atoms with Gasteiger partial charge in [0.1, 0.15) is 18.1 Å². The SMILES string of the molecule is C=CCOc1ccc(C2/C(=C(\O)c3ccc(Cl)cc3)C(=O)C(=O)N2CCN(CC)CC)cc1. The van der Waals surface area contributed by atoms with Gasteiger partial charge in [0.05, 0.1) is 11.6 Å². The molecule has 1 heterocycles. The number of rotatable bonds is 10. The number of hydrogen-bond acceptors (Lipinski definition) is 5. The number of Topliss-reactive ketones (excluding diaryl/α,β-unsaturated/α-hetero) is 1. The summed E-state index contributed by atoms with van der Waals surface area (Å²) in [6, 6.07) is 13.0. The Hall–Kier alpha value is -3.09. The van der Waals surface area contributed by atoms with Crippen LogP contribution in [0.3, 0.4) is 0 Å². The van der Waals surface area contributed by atoms with E-state index < -0.39 is 17.7 Å². The molecule has 2 aromatic carbocycles. The van der Waals surface area contributed by atoms with Crippen molar-refractivity contribution in [1.82, 2.24) is 9.80 Å². The number of nitrogens with zero attached hydrogens (tertiary/aromatic N) is 2. The standard InChI is InChI=1S/C26H29ClN2O4/c1-4-17-33-21-13-9-18(10-14-21)23-22(24(30)19-7-11-20(27)12-8-19)25(31)26(32)29(23)16-15-28(5-2)6-3/h4,7-14,23,30H,1,5-6,15-17H2,2-3H3/b24-22+. The van der Waals surface area contributed by atoms with Gasteiger partial charge >= 0.3 is 0 Å². The summed E-state index contributed by atoms with van der Waals surface area (Å²) < 4.78 is 5.56. The monoisotopic (exact) mass is 468 g/mol. The van der Waals surface area contributed by atoms with E-state index in [1.807, 2.05) is 12.1 Å². The summed E-state index contributed by atoms with van der Waals surface area (Å²) in [5.74, 6) is -0.877. The van der Waals surface area contributed by atoms with E-state index in [1.54, 1.807) is 47.4 Å². The normalized spacial score (nSPS) is 17.6. The first-order valence-corrected chi connectivity index (χ1v) is 11.4. The van der Waals surface area contributed by atoms with Crippen LogP contribution in [0, 0.1) is 0 Å². The van der Waals surface area contributed by atoms with Crippen molar-refractivity contribution in [1.29, 1.82) is 0 Å². The zero-order valence-electron chi connectivity index (χ0n) is 19.0. The van der Waals surface area contributed by atoms with Crippen LogP contribution in [-0.2, 0) is 9.59 Å². The molecule has 0 bridgehead atoms. The van der Waals surface area contributed by atoms with Gasteiger partial charge in [-0.15, -0.1) is 0 Å². The average Bonchev–Trinajstić information content (AvgIpc) is 3.08. The van der Waals surface area contributed by atoms with Crippen LogP contribution >= 0.6 is 11.6 Å². The predicted molar refractivity (Wildman–Crippen MR) is 130 cm³/mol. The minimum atomic E-state index is -0.704. The van der Waals surface area contributed by atoms with E-state index in [2.05, 4.69) is 25.3 Å². The topological polar surface area (TPSA) is 70.1 Å². The fraction of sp³-hybridized carbons (Fsp3) is 0.308. The van der Waals surface area contributed by atoms with Crippen molar-refractivity contribution in [2.75, 3.05) is 32.8 Å². The van der Waals surface area contributed by atoms with Gasteiger partial charge in [0, 0.05) is 23.7 Å². The molecule has 3 rings (SSSR count).